The standard InChI is InChI=1S/C9H21NO2S/c1-5-7-10(8-6-2)13(11,12)9(3)4/h9H,5-8H2,1-4H3. The highest BCUT2D eigenvalue weighted by atomic mass is 32.2. The molecule has 0 saturated heterocycles. The zero-order valence-corrected chi connectivity index (χ0v) is 9.89. The van der Waals surface area contributed by atoms with Crippen molar-refractivity contribution in [3.05, 3.63) is 0 Å². The average Bonchev–Trinajstić information content (AvgIpc) is 2.03. The molecule has 0 radical (unpaired) electrons. The van der Waals surface area contributed by atoms with Crippen LogP contribution in [-0.4, -0.2) is 31.1 Å². The van der Waals surface area contributed by atoms with E-state index in [9.17, 15) is 8.42 Å². The van der Waals surface area contributed by atoms with Gasteiger partial charge in [0.25, 0.3) is 0 Å². The lowest BCUT2D eigenvalue weighted by Crippen LogP contribution is -2.37. The third kappa shape index (κ3) is 3.65. The Bertz CT molecular complexity index is 216. The smallest absolute Gasteiger partial charge is 0.212 e. The van der Waals surface area contributed by atoms with Crippen molar-refractivity contribution in [2.75, 3.05) is 13.1 Å². The summed E-state index contributed by atoms with van der Waals surface area (Å²) in [5, 5.41) is -0.300. The molecule has 4 heteroatoms. The fourth-order valence-electron chi connectivity index (χ4n) is 1.16. The average molecular weight is 207 g/mol. The van der Waals surface area contributed by atoms with E-state index in [1.807, 2.05) is 13.8 Å². The maximum atomic E-state index is 11.7. The van der Waals surface area contributed by atoms with E-state index in [0.29, 0.717) is 13.1 Å². The molecule has 0 atom stereocenters. The van der Waals surface area contributed by atoms with Gasteiger partial charge in [-0.3, -0.25) is 0 Å². The quantitative estimate of drug-likeness (QED) is 0.666. The topological polar surface area (TPSA) is 37.4 Å². The van der Waals surface area contributed by atoms with E-state index in [-0.39, 0.29) is 5.25 Å². The Morgan fingerprint density at radius 1 is 1.08 bits per heavy atom. The zero-order valence-electron chi connectivity index (χ0n) is 9.08. The molecule has 0 N–H and O–H groups in total. The second kappa shape index (κ2) is 5.60. The van der Waals surface area contributed by atoms with Gasteiger partial charge in [0.15, 0.2) is 0 Å². The summed E-state index contributed by atoms with van der Waals surface area (Å²) >= 11 is 0. The van der Waals surface area contributed by atoms with Crippen LogP contribution in [0.15, 0.2) is 0 Å². The molecule has 0 aliphatic heterocycles. The number of sulfonamides is 1. The molecule has 0 rings (SSSR count). The molecule has 3 nitrogen and oxygen atoms in total. The summed E-state index contributed by atoms with van der Waals surface area (Å²) in [5.41, 5.74) is 0. The predicted octanol–water partition coefficient (Wildman–Crippen LogP) is 1.85. The van der Waals surface area contributed by atoms with Crippen LogP contribution >= 0.6 is 0 Å². The second-order valence-corrected chi connectivity index (χ2v) is 5.98. The highest BCUT2D eigenvalue weighted by Crippen LogP contribution is 2.09. The van der Waals surface area contributed by atoms with Crippen molar-refractivity contribution in [3.8, 4) is 0 Å². The van der Waals surface area contributed by atoms with E-state index in [2.05, 4.69) is 0 Å². The lowest BCUT2D eigenvalue weighted by Gasteiger charge is -2.23. The lowest BCUT2D eigenvalue weighted by atomic mass is 10.4. The van der Waals surface area contributed by atoms with Crippen molar-refractivity contribution in [3.63, 3.8) is 0 Å². The number of hydrogen-bond donors (Lipinski definition) is 0. The molecule has 13 heavy (non-hydrogen) atoms. The van der Waals surface area contributed by atoms with Crippen LogP contribution in [0.1, 0.15) is 40.5 Å². The summed E-state index contributed by atoms with van der Waals surface area (Å²) in [4.78, 5) is 0. The van der Waals surface area contributed by atoms with E-state index < -0.39 is 10.0 Å². The highest BCUT2D eigenvalue weighted by molar-refractivity contribution is 7.89. The van der Waals surface area contributed by atoms with Gasteiger partial charge in [0.1, 0.15) is 0 Å². The molecule has 0 aromatic carbocycles. The van der Waals surface area contributed by atoms with Crippen molar-refractivity contribution in [2.45, 2.75) is 45.8 Å². The molecule has 0 aliphatic rings. The Labute approximate surface area is 82.2 Å². The maximum absolute atomic E-state index is 11.7. The third-order valence-corrected chi connectivity index (χ3v) is 4.18. The molecular weight excluding hydrogens is 186 g/mol. The molecule has 0 spiro atoms. The number of hydrogen-bond acceptors (Lipinski definition) is 2. The molecule has 0 heterocycles. The summed E-state index contributed by atoms with van der Waals surface area (Å²) in [6.07, 6.45) is 1.76. The summed E-state index contributed by atoms with van der Waals surface area (Å²) in [5.74, 6) is 0. The minimum absolute atomic E-state index is 0.300. The van der Waals surface area contributed by atoms with E-state index in [0.717, 1.165) is 12.8 Å². The predicted molar refractivity (Wildman–Crippen MR) is 56.2 cm³/mol. The van der Waals surface area contributed by atoms with E-state index in [1.165, 1.54) is 0 Å². The number of rotatable bonds is 6. The molecule has 0 saturated carbocycles. The fraction of sp³-hybridized carbons (Fsp3) is 1.00. The van der Waals surface area contributed by atoms with Crippen molar-refractivity contribution in [1.29, 1.82) is 0 Å². The van der Waals surface area contributed by atoms with Crippen molar-refractivity contribution in [2.24, 2.45) is 0 Å². The Morgan fingerprint density at radius 3 is 1.69 bits per heavy atom. The van der Waals surface area contributed by atoms with Gasteiger partial charge in [0.2, 0.25) is 10.0 Å². The van der Waals surface area contributed by atoms with Gasteiger partial charge in [0.05, 0.1) is 5.25 Å². The Morgan fingerprint density at radius 2 is 1.46 bits per heavy atom. The van der Waals surface area contributed by atoms with Gasteiger partial charge >= 0.3 is 0 Å². The van der Waals surface area contributed by atoms with Gasteiger partial charge < -0.3 is 0 Å². The van der Waals surface area contributed by atoms with Crippen LogP contribution in [0.25, 0.3) is 0 Å². The fourth-order valence-corrected chi connectivity index (χ4v) is 2.63. The van der Waals surface area contributed by atoms with Crippen LogP contribution in [0, 0.1) is 0 Å². The van der Waals surface area contributed by atoms with Crippen molar-refractivity contribution < 1.29 is 8.42 Å². The van der Waals surface area contributed by atoms with Crippen LogP contribution < -0.4 is 0 Å². The van der Waals surface area contributed by atoms with E-state index in [4.69, 9.17) is 0 Å². The summed E-state index contributed by atoms with van der Waals surface area (Å²) in [6, 6.07) is 0. The van der Waals surface area contributed by atoms with Gasteiger partial charge in [-0.05, 0) is 26.7 Å². The summed E-state index contributed by atoms with van der Waals surface area (Å²) < 4.78 is 25.1. The highest BCUT2D eigenvalue weighted by Gasteiger charge is 2.23. The lowest BCUT2D eigenvalue weighted by molar-refractivity contribution is 0.405. The van der Waals surface area contributed by atoms with Crippen LogP contribution in [-0.2, 0) is 10.0 Å². The largest absolute Gasteiger partial charge is 0.216 e. The molecule has 80 valence electrons. The van der Waals surface area contributed by atoms with Crippen LogP contribution in [0.2, 0.25) is 0 Å². The first-order chi connectivity index (χ1) is 5.96. The van der Waals surface area contributed by atoms with Gasteiger partial charge in [-0.2, -0.15) is 0 Å². The second-order valence-electron chi connectivity index (χ2n) is 3.49. The number of nitrogens with zero attached hydrogens (tertiary/aromatic N) is 1. The van der Waals surface area contributed by atoms with E-state index in [1.54, 1.807) is 18.2 Å². The van der Waals surface area contributed by atoms with Crippen molar-refractivity contribution >= 4 is 10.0 Å². The van der Waals surface area contributed by atoms with Gasteiger partial charge in [-0.1, -0.05) is 13.8 Å². The van der Waals surface area contributed by atoms with Crippen molar-refractivity contribution in [1.82, 2.24) is 4.31 Å². The Kier molecular flexibility index (Phi) is 5.56. The molecule has 0 bridgehead atoms. The molecule has 0 aliphatic carbocycles. The molecule has 0 amide bonds. The maximum Gasteiger partial charge on any atom is 0.216 e. The molecule has 0 aromatic heterocycles. The van der Waals surface area contributed by atoms with Gasteiger partial charge in [-0.25, -0.2) is 12.7 Å². The SMILES string of the molecule is CCCN(CCC)S(=O)(=O)C(C)C. The summed E-state index contributed by atoms with van der Waals surface area (Å²) in [6.45, 7) is 8.75. The molecule has 0 unspecified atom stereocenters. The van der Waals surface area contributed by atoms with E-state index >= 15 is 0 Å². The monoisotopic (exact) mass is 207 g/mol. The normalized spacial score (nSPS) is 12.8. The molecule has 0 fully saturated rings. The first-order valence-corrected chi connectivity index (χ1v) is 6.46. The van der Waals surface area contributed by atoms with Gasteiger partial charge in [0, 0.05) is 13.1 Å². The summed E-state index contributed by atoms with van der Waals surface area (Å²) in [7, 11) is -3.03. The minimum Gasteiger partial charge on any atom is -0.212 e. The molecular formula is C9H21NO2S. The van der Waals surface area contributed by atoms with Crippen LogP contribution in [0.4, 0.5) is 0 Å². The van der Waals surface area contributed by atoms with Crippen LogP contribution in [0.3, 0.4) is 0 Å². The first-order valence-electron chi connectivity index (χ1n) is 4.95. The minimum atomic E-state index is -3.03. The van der Waals surface area contributed by atoms with Gasteiger partial charge in [-0.15, -0.1) is 0 Å². The Hall–Kier alpha value is -0.0900. The third-order valence-electron chi connectivity index (χ3n) is 1.90. The zero-order chi connectivity index (χ0) is 10.5. The Balaban J connectivity index is 4.52. The van der Waals surface area contributed by atoms with Crippen LogP contribution in [0.5, 0.6) is 0 Å². The molecule has 0 aromatic rings. The first kappa shape index (κ1) is 12.9.